The topological polar surface area (TPSA) is 80.5 Å². The van der Waals surface area contributed by atoms with Crippen molar-refractivity contribution >= 4 is 17.5 Å². The second-order valence-electron chi connectivity index (χ2n) is 5.50. The number of rotatable bonds is 7. The minimum atomic E-state index is -0.413. The largest absolute Gasteiger partial charge is 0.462 e. The molecule has 1 fully saturated rings. The number of esters is 1. The smallest absolute Gasteiger partial charge is 0.340 e. The van der Waals surface area contributed by atoms with Crippen LogP contribution in [0.3, 0.4) is 0 Å². The first kappa shape index (κ1) is 15.6. The fourth-order valence-corrected chi connectivity index (χ4v) is 2.19. The lowest BCUT2D eigenvalue weighted by Gasteiger charge is -2.24. The van der Waals surface area contributed by atoms with Gasteiger partial charge in [-0.25, -0.2) is 9.78 Å². The Kier molecular flexibility index (Phi) is 5.01. The van der Waals surface area contributed by atoms with Crippen LogP contribution in [0.15, 0.2) is 12.3 Å². The van der Waals surface area contributed by atoms with Crippen molar-refractivity contribution in [3.63, 3.8) is 0 Å². The Morgan fingerprint density at radius 2 is 2.33 bits per heavy atom. The van der Waals surface area contributed by atoms with Crippen LogP contribution >= 0.6 is 0 Å². The first-order chi connectivity index (χ1) is 10.0. The Morgan fingerprint density at radius 3 is 2.95 bits per heavy atom. The molecular weight excluding hydrogens is 268 g/mol. The average Bonchev–Trinajstić information content (AvgIpc) is 3.30. The minimum Gasteiger partial charge on any atom is -0.462 e. The molecule has 0 aromatic carbocycles. The molecule has 1 aliphatic rings. The summed E-state index contributed by atoms with van der Waals surface area (Å²) in [5.41, 5.74) is 6.47. The Bertz CT molecular complexity index is 502. The van der Waals surface area contributed by atoms with Crippen LogP contribution in [-0.4, -0.2) is 48.1 Å². The van der Waals surface area contributed by atoms with Crippen LogP contribution in [-0.2, 0) is 4.74 Å². The lowest BCUT2D eigenvalue weighted by Crippen LogP contribution is -2.36. The number of ether oxygens (including phenoxy) is 1. The van der Waals surface area contributed by atoms with E-state index in [9.17, 15) is 4.79 Å². The van der Waals surface area contributed by atoms with Gasteiger partial charge in [-0.3, -0.25) is 4.90 Å². The van der Waals surface area contributed by atoms with Gasteiger partial charge in [0.1, 0.15) is 5.82 Å². The molecular formula is C15H24N4O2. The molecule has 0 amide bonds. The summed E-state index contributed by atoms with van der Waals surface area (Å²) < 4.78 is 4.98. The first-order valence-corrected chi connectivity index (χ1v) is 7.41. The fourth-order valence-electron chi connectivity index (χ4n) is 2.19. The number of hydrogen-bond acceptors (Lipinski definition) is 6. The molecule has 2 rings (SSSR count). The molecule has 0 aliphatic heterocycles. The van der Waals surface area contributed by atoms with Crippen LogP contribution in [0, 0.1) is 0 Å². The monoisotopic (exact) mass is 292 g/mol. The Morgan fingerprint density at radius 1 is 1.62 bits per heavy atom. The number of pyridine rings is 1. The van der Waals surface area contributed by atoms with E-state index in [1.165, 1.54) is 19.0 Å². The van der Waals surface area contributed by atoms with Crippen LogP contribution in [0.1, 0.15) is 37.0 Å². The van der Waals surface area contributed by atoms with Crippen molar-refractivity contribution in [3.8, 4) is 0 Å². The van der Waals surface area contributed by atoms with Crippen molar-refractivity contribution in [2.24, 2.45) is 0 Å². The Labute approximate surface area is 125 Å². The van der Waals surface area contributed by atoms with E-state index in [1.54, 1.807) is 13.0 Å². The van der Waals surface area contributed by atoms with Gasteiger partial charge in [0.05, 0.1) is 24.1 Å². The van der Waals surface area contributed by atoms with Gasteiger partial charge in [-0.05, 0) is 39.8 Å². The van der Waals surface area contributed by atoms with E-state index in [0.717, 1.165) is 12.6 Å². The molecule has 6 nitrogen and oxygen atoms in total. The highest BCUT2D eigenvalue weighted by Gasteiger charge is 2.28. The molecule has 6 heteroatoms. The van der Waals surface area contributed by atoms with Crippen molar-refractivity contribution in [1.82, 2.24) is 9.88 Å². The number of carbonyl (C=O) groups excluding carboxylic acids is 1. The summed E-state index contributed by atoms with van der Waals surface area (Å²) in [7, 11) is 2.14. The third-order valence-corrected chi connectivity index (χ3v) is 3.83. The van der Waals surface area contributed by atoms with Crippen molar-refractivity contribution in [2.45, 2.75) is 38.8 Å². The highest BCUT2D eigenvalue weighted by molar-refractivity contribution is 5.95. The van der Waals surface area contributed by atoms with E-state index in [1.807, 2.05) is 0 Å². The molecule has 1 aromatic rings. The predicted octanol–water partition coefficient (Wildman–Crippen LogP) is 1.74. The number of nitrogens with zero attached hydrogens (tertiary/aromatic N) is 2. The molecule has 0 saturated heterocycles. The van der Waals surface area contributed by atoms with E-state index in [-0.39, 0.29) is 0 Å². The maximum absolute atomic E-state index is 11.8. The zero-order chi connectivity index (χ0) is 15.4. The van der Waals surface area contributed by atoms with Crippen LogP contribution < -0.4 is 11.1 Å². The number of nitrogens with one attached hydrogen (secondary N) is 1. The number of nitrogen functional groups attached to an aromatic ring is 1. The third kappa shape index (κ3) is 4.07. The number of carbonyl (C=O) groups is 1. The molecule has 0 radical (unpaired) electrons. The third-order valence-electron chi connectivity index (χ3n) is 3.83. The average molecular weight is 292 g/mol. The molecule has 1 aliphatic carbocycles. The maximum Gasteiger partial charge on any atom is 0.340 e. The Hall–Kier alpha value is -1.82. The summed E-state index contributed by atoms with van der Waals surface area (Å²) in [4.78, 5) is 18.4. The van der Waals surface area contributed by atoms with Gasteiger partial charge in [0.15, 0.2) is 0 Å². The highest BCUT2D eigenvalue weighted by Crippen LogP contribution is 2.27. The molecule has 0 bridgehead atoms. The molecule has 1 heterocycles. The molecule has 1 atom stereocenters. The number of aromatic nitrogens is 1. The second-order valence-corrected chi connectivity index (χ2v) is 5.50. The number of anilines is 2. The van der Waals surface area contributed by atoms with Gasteiger partial charge in [0.25, 0.3) is 0 Å². The predicted molar refractivity (Wildman–Crippen MR) is 83.3 cm³/mol. The first-order valence-electron chi connectivity index (χ1n) is 7.41. The van der Waals surface area contributed by atoms with Crippen LogP contribution in [0.25, 0.3) is 0 Å². The number of hydrogen-bond donors (Lipinski definition) is 2. The van der Waals surface area contributed by atoms with Crippen molar-refractivity contribution in [3.05, 3.63) is 17.8 Å². The molecule has 3 N–H and O–H groups in total. The maximum atomic E-state index is 11.8. The van der Waals surface area contributed by atoms with Gasteiger partial charge in [-0.2, -0.15) is 0 Å². The highest BCUT2D eigenvalue weighted by atomic mass is 16.5. The van der Waals surface area contributed by atoms with Gasteiger partial charge in [0.2, 0.25) is 0 Å². The minimum absolute atomic E-state index is 0.326. The summed E-state index contributed by atoms with van der Waals surface area (Å²) >= 11 is 0. The summed E-state index contributed by atoms with van der Waals surface area (Å²) in [6, 6.07) is 2.77. The zero-order valence-corrected chi connectivity index (χ0v) is 12.9. The lowest BCUT2D eigenvalue weighted by atomic mass is 10.2. The molecule has 1 aromatic heterocycles. The van der Waals surface area contributed by atoms with E-state index in [0.29, 0.717) is 29.7 Å². The van der Waals surface area contributed by atoms with Crippen molar-refractivity contribution in [1.29, 1.82) is 0 Å². The zero-order valence-electron chi connectivity index (χ0n) is 12.9. The number of nitrogens with two attached hydrogens (primary N) is 1. The molecule has 116 valence electrons. The number of likely N-dealkylation sites (N-methyl/N-ethyl adjacent to an activating group) is 1. The molecule has 0 spiro atoms. The van der Waals surface area contributed by atoms with E-state index in [4.69, 9.17) is 10.5 Å². The fraction of sp³-hybridized carbons (Fsp3) is 0.600. The molecule has 21 heavy (non-hydrogen) atoms. The van der Waals surface area contributed by atoms with Crippen LogP contribution in [0.4, 0.5) is 11.5 Å². The van der Waals surface area contributed by atoms with Crippen LogP contribution in [0.5, 0.6) is 0 Å². The lowest BCUT2D eigenvalue weighted by molar-refractivity contribution is 0.0527. The van der Waals surface area contributed by atoms with Crippen molar-refractivity contribution < 1.29 is 9.53 Å². The second kappa shape index (κ2) is 6.76. The van der Waals surface area contributed by atoms with E-state index in [2.05, 4.69) is 29.2 Å². The molecule has 1 unspecified atom stereocenters. The van der Waals surface area contributed by atoms with Gasteiger partial charge >= 0.3 is 5.97 Å². The summed E-state index contributed by atoms with van der Waals surface area (Å²) in [6.45, 7) is 5.04. The standard InChI is InChI=1S/C15H24N4O2/c1-4-21-15(20)12-7-14(18-9-13(12)16)17-8-10(2)19(3)11-5-6-11/h7,9-11H,4-6,8,16H2,1-3H3,(H,17,18). The summed E-state index contributed by atoms with van der Waals surface area (Å²) in [5, 5.41) is 3.26. The summed E-state index contributed by atoms with van der Waals surface area (Å²) in [6.07, 6.45) is 4.06. The normalized spacial score (nSPS) is 15.8. The van der Waals surface area contributed by atoms with Gasteiger partial charge < -0.3 is 15.8 Å². The molecule has 1 saturated carbocycles. The Balaban J connectivity index is 1.96. The van der Waals surface area contributed by atoms with E-state index < -0.39 is 5.97 Å². The SMILES string of the molecule is CCOC(=O)c1cc(NCC(C)N(C)C2CC2)ncc1N. The van der Waals surface area contributed by atoms with Crippen molar-refractivity contribution in [2.75, 3.05) is 31.2 Å². The van der Waals surface area contributed by atoms with Crippen LogP contribution in [0.2, 0.25) is 0 Å². The van der Waals surface area contributed by atoms with Gasteiger partial charge in [-0.1, -0.05) is 0 Å². The quantitative estimate of drug-likeness (QED) is 0.745. The van der Waals surface area contributed by atoms with Gasteiger partial charge in [-0.15, -0.1) is 0 Å². The van der Waals surface area contributed by atoms with Gasteiger partial charge in [0, 0.05) is 18.6 Å². The summed E-state index contributed by atoms with van der Waals surface area (Å²) in [5.74, 6) is 0.229. The van der Waals surface area contributed by atoms with E-state index >= 15 is 0 Å².